The van der Waals surface area contributed by atoms with Crippen molar-refractivity contribution in [1.29, 1.82) is 0 Å². The highest BCUT2D eigenvalue weighted by Gasteiger charge is 2.23. The second kappa shape index (κ2) is 7.53. The zero-order valence-corrected chi connectivity index (χ0v) is 12.9. The molecule has 2 unspecified atom stereocenters. The molecule has 1 rings (SSSR count). The molecule has 0 saturated carbocycles. The van der Waals surface area contributed by atoms with Gasteiger partial charge in [-0.2, -0.15) is 5.10 Å². The molecule has 4 heteroatoms. The fourth-order valence-corrected chi connectivity index (χ4v) is 2.69. The Kier molecular flexibility index (Phi) is 6.35. The molecule has 0 aliphatic carbocycles. The van der Waals surface area contributed by atoms with Crippen molar-refractivity contribution in [3.63, 3.8) is 0 Å². The summed E-state index contributed by atoms with van der Waals surface area (Å²) in [5, 5.41) is 14.8. The summed E-state index contributed by atoms with van der Waals surface area (Å²) in [5.74, 6) is 1.25. The summed E-state index contributed by atoms with van der Waals surface area (Å²) in [6.07, 6.45) is 5.05. The monoisotopic (exact) mass is 268 g/mol. The minimum absolute atomic E-state index is 0.481. The summed E-state index contributed by atoms with van der Waals surface area (Å²) < 4.78 is 7.05. The van der Waals surface area contributed by atoms with Gasteiger partial charge in [0.2, 0.25) is 5.88 Å². The molecule has 0 fully saturated rings. The van der Waals surface area contributed by atoms with Crippen molar-refractivity contribution >= 4 is 0 Å². The standard InChI is InChI=1S/C15H28N2O2/c1-6-8-9-12(7-2)10-13(18)14-11(3)16-17(4)15(14)19-5/h12-13,18H,6-10H2,1-5H3. The first-order chi connectivity index (χ1) is 9.04. The van der Waals surface area contributed by atoms with Gasteiger partial charge in [-0.25, -0.2) is 4.68 Å². The first kappa shape index (κ1) is 16.0. The Bertz CT molecular complexity index is 388. The summed E-state index contributed by atoms with van der Waals surface area (Å²) in [7, 11) is 3.47. The smallest absolute Gasteiger partial charge is 0.217 e. The molecule has 1 heterocycles. The number of aromatic nitrogens is 2. The second-order valence-electron chi connectivity index (χ2n) is 5.30. The average Bonchev–Trinajstić information content (AvgIpc) is 2.68. The number of ether oxygens (including phenoxy) is 1. The van der Waals surface area contributed by atoms with Crippen LogP contribution in [0.4, 0.5) is 0 Å². The average molecular weight is 268 g/mol. The number of nitrogens with zero attached hydrogens (tertiary/aromatic N) is 2. The maximum Gasteiger partial charge on any atom is 0.217 e. The van der Waals surface area contributed by atoms with E-state index in [9.17, 15) is 5.11 Å². The summed E-state index contributed by atoms with van der Waals surface area (Å²) in [6, 6.07) is 0. The van der Waals surface area contributed by atoms with E-state index in [-0.39, 0.29) is 0 Å². The van der Waals surface area contributed by atoms with Gasteiger partial charge < -0.3 is 9.84 Å². The van der Waals surface area contributed by atoms with E-state index in [2.05, 4.69) is 18.9 Å². The molecular formula is C15H28N2O2. The van der Waals surface area contributed by atoms with E-state index in [0.717, 1.165) is 24.1 Å². The van der Waals surface area contributed by atoms with Gasteiger partial charge in [0.25, 0.3) is 0 Å². The van der Waals surface area contributed by atoms with Crippen molar-refractivity contribution in [3.8, 4) is 5.88 Å². The van der Waals surface area contributed by atoms with E-state index in [1.54, 1.807) is 11.8 Å². The van der Waals surface area contributed by atoms with Crippen LogP contribution in [0.25, 0.3) is 0 Å². The maximum absolute atomic E-state index is 10.5. The van der Waals surface area contributed by atoms with E-state index in [4.69, 9.17) is 4.74 Å². The molecule has 110 valence electrons. The van der Waals surface area contributed by atoms with Gasteiger partial charge >= 0.3 is 0 Å². The third-order valence-corrected chi connectivity index (χ3v) is 3.84. The largest absolute Gasteiger partial charge is 0.481 e. The highest BCUT2D eigenvalue weighted by Crippen LogP contribution is 2.33. The van der Waals surface area contributed by atoms with Gasteiger partial charge in [0, 0.05) is 7.05 Å². The number of aryl methyl sites for hydroxylation is 2. The van der Waals surface area contributed by atoms with Crippen LogP contribution in [-0.4, -0.2) is 22.0 Å². The van der Waals surface area contributed by atoms with Crippen molar-refractivity contribution in [2.45, 2.75) is 59.0 Å². The third-order valence-electron chi connectivity index (χ3n) is 3.84. The molecule has 0 radical (unpaired) electrons. The SMILES string of the molecule is CCCCC(CC)CC(O)c1c(C)nn(C)c1OC. The van der Waals surface area contributed by atoms with E-state index in [1.807, 2.05) is 14.0 Å². The van der Waals surface area contributed by atoms with Gasteiger partial charge in [0.15, 0.2) is 0 Å². The van der Waals surface area contributed by atoms with E-state index in [0.29, 0.717) is 11.8 Å². The number of rotatable bonds is 8. The van der Waals surface area contributed by atoms with Crippen LogP contribution in [0.2, 0.25) is 0 Å². The minimum atomic E-state index is -0.481. The molecule has 1 N–H and O–H groups in total. The van der Waals surface area contributed by atoms with Crippen LogP contribution in [0.15, 0.2) is 0 Å². The molecule has 1 aromatic heterocycles. The number of aliphatic hydroxyl groups is 1. The highest BCUT2D eigenvalue weighted by molar-refractivity contribution is 5.33. The molecule has 0 saturated heterocycles. The predicted molar refractivity (Wildman–Crippen MR) is 77.4 cm³/mol. The Balaban J connectivity index is 2.79. The molecular weight excluding hydrogens is 240 g/mol. The molecule has 2 atom stereocenters. The summed E-state index contributed by atoms with van der Waals surface area (Å²) in [6.45, 7) is 6.33. The first-order valence-corrected chi connectivity index (χ1v) is 7.30. The van der Waals surface area contributed by atoms with Crippen molar-refractivity contribution in [3.05, 3.63) is 11.3 Å². The van der Waals surface area contributed by atoms with E-state index < -0.39 is 6.10 Å². The van der Waals surface area contributed by atoms with Gasteiger partial charge in [-0.15, -0.1) is 0 Å². The fourth-order valence-electron chi connectivity index (χ4n) is 2.69. The van der Waals surface area contributed by atoms with Gasteiger partial charge in [0.05, 0.1) is 24.5 Å². The maximum atomic E-state index is 10.5. The molecule has 0 aliphatic rings. The van der Waals surface area contributed by atoms with Gasteiger partial charge in [-0.3, -0.25) is 0 Å². The van der Waals surface area contributed by atoms with Crippen molar-refractivity contribution in [2.24, 2.45) is 13.0 Å². The molecule has 19 heavy (non-hydrogen) atoms. The lowest BCUT2D eigenvalue weighted by atomic mass is 9.90. The van der Waals surface area contributed by atoms with Crippen molar-refractivity contribution < 1.29 is 9.84 Å². The van der Waals surface area contributed by atoms with Gasteiger partial charge in [-0.1, -0.05) is 39.5 Å². The Morgan fingerprint density at radius 3 is 2.58 bits per heavy atom. The first-order valence-electron chi connectivity index (χ1n) is 7.30. The molecule has 0 aromatic carbocycles. The molecule has 0 aliphatic heterocycles. The number of hydrogen-bond donors (Lipinski definition) is 1. The Labute approximate surface area is 116 Å². The molecule has 0 bridgehead atoms. The van der Waals surface area contributed by atoms with Crippen LogP contribution < -0.4 is 4.74 Å². The number of hydrogen-bond acceptors (Lipinski definition) is 3. The van der Waals surface area contributed by atoms with E-state index >= 15 is 0 Å². The lowest BCUT2D eigenvalue weighted by Gasteiger charge is -2.19. The number of methoxy groups -OCH3 is 1. The molecule has 4 nitrogen and oxygen atoms in total. The lowest BCUT2D eigenvalue weighted by molar-refractivity contribution is 0.135. The van der Waals surface area contributed by atoms with Crippen LogP contribution >= 0.6 is 0 Å². The normalized spacial score (nSPS) is 14.4. The summed E-state index contributed by atoms with van der Waals surface area (Å²) in [5.41, 5.74) is 1.71. The van der Waals surface area contributed by atoms with Gasteiger partial charge in [-0.05, 0) is 19.3 Å². The Morgan fingerprint density at radius 2 is 2.05 bits per heavy atom. The van der Waals surface area contributed by atoms with Crippen LogP contribution in [0.5, 0.6) is 5.88 Å². The van der Waals surface area contributed by atoms with Crippen molar-refractivity contribution in [1.82, 2.24) is 9.78 Å². The van der Waals surface area contributed by atoms with Crippen LogP contribution in [0, 0.1) is 12.8 Å². The third kappa shape index (κ3) is 3.96. The van der Waals surface area contributed by atoms with E-state index in [1.165, 1.54) is 19.3 Å². The Morgan fingerprint density at radius 1 is 1.37 bits per heavy atom. The second-order valence-corrected chi connectivity index (χ2v) is 5.30. The zero-order chi connectivity index (χ0) is 14.4. The quantitative estimate of drug-likeness (QED) is 0.786. The lowest BCUT2D eigenvalue weighted by Crippen LogP contribution is -2.09. The highest BCUT2D eigenvalue weighted by atomic mass is 16.5. The summed E-state index contributed by atoms with van der Waals surface area (Å²) in [4.78, 5) is 0. The molecule has 0 amide bonds. The molecule has 0 spiro atoms. The fraction of sp³-hybridized carbons (Fsp3) is 0.800. The Hall–Kier alpha value is -1.03. The summed E-state index contributed by atoms with van der Waals surface area (Å²) >= 11 is 0. The minimum Gasteiger partial charge on any atom is -0.481 e. The number of unbranched alkanes of at least 4 members (excludes halogenated alkanes) is 1. The van der Waals surface area contributed by atoms with Gasteiger partial charge in [0.1, 0.15) is 0 Å². The van der Waals surface area contributed by atoms with Crippen LogP contribution in [-0.2, 0) is 7.05 Å². The van der Waals surface area contributed by atoms with Crippen LogP contribution in [0.3, 0.4) is 0 Å². The topological polar surface area (TPSA) is 47.3 Å². The molecule has 1 aromatic rings. The predicted octanol–water partition coefficient (Wildman–Crippen LogP) is 3.38. The number of aliphatic hydroxyl groups excluding tert-OH is 1. The van der Waals surface area contributed by atoms with Crippen LogP contribution in [0.1, 0.15) is 63.3 Å². The zero-order valence-electron chi connectivity index (χ0n) is 12.9. The van der Waals surface area contributed by atoms with Crippen molar-refractivity contribution in [2.75, 3.05) is 7.11 Å².